The summed E-state index contributed by atoms with van der Waals surface area (Å²) in [6.07, 6.45) is 1.68. The maximum Gasteiger partial charge on any atom is 0.231 e. The Kier molecular flexibility index (Phi) is 3.42. The van der Waals surface area contributed by atoms with E-state index in [-0.39, 0.29) is 11.8 Å². The van der Waals surface area contributed by atoms with E-state index in [0.29, 0.717) is 0 Å². The predicted octanol–water partition coefficient (Wildman–Crippen LogP) is 3.36. The zero-order valence-electron chi connectivity index (χ0n) is 11.4. The van der Waals surface area contributed by atoms with Gasteiger partial charge in [0.2, 0.25) is 5.91 Å². The van der Waals surface area contributed by atoms with Gasteiger partial charge < -0.3 is 10.1 Å². The standard InChI is InChI=1S/C17H17NO2/c1-20-14-8-10-16-13(11-14)7-9-15(17(19)18-16)12-5-3-2-4-6-12/h2-6,8,10-11,15H,7,9H2,1H3,(H,18,19)/t15-/m0/s1. The molecule has 0 saturated carbocycles. The highest BCUT2D eigenvalue weighted by Crippen LogP contribution is 2.32. The second-order valence-electron chi connectivity index (χ2n) is 5.01. The summed E-state index contributed by atoms with van der Waals surface area (Å²) in [5.74, 6) is 0.811. The van der Waals surface area contributed by atoms with E-state index >= 15 is 0 Å². The Bertz CT molecular complexity index is 622. The van der Waals surface area contributed by atoms with Crippen molar-refractivity contribution in [2.45, 2.75) is 18.8 Å². The van der Waals surface area contributed by atoms with Crippen molar-refractivity contribution in [3.63, 3.8) is 0 Å². The first-order valence-electron chi connectivity index (χ1n) is 6.80. The number of anilines is 1. The van der Waals surface area contributed by atoms with Crippen molar-refractivity contribution in [1.29, 1.82) is 0 Å². The lowest BCUT2D eigenvalue weighted by Crippen LogP contribution is -2.19. The lowest BCUT2D eigenvalue weighted by molar-refractivity contribution is -0.117. The van der Waals surface area contributed by atoms with Crippen LogP contribution in [0.5, 0.6) is 5.75 Å². The minimum absolute atomic E-state index is 0.0696. The van der Waals surface area contributed by atoms with E-state index in [1.54, 1.807) is 7.11 Å². The number of hydrogen-bond acceptors (Lipinski definition) is 2. The summed E-state index contributed by atoms with van der Waals surface area (Å²) in [5, 5.41) is 3.03. The third-order valence-corrected chi connectivity index (χ3v) is 3.79. The third-order valence-electron chi connectivity index (χ3n) is 3.79. The van der Waals surface area contributed by atoms with Crippen molar-refractivity contribution in [3.8, 4) is 5.75 Å². The number of hydrogen-bond donors (Lipinski definition) is 1. The molecule has 2 aromatic carbocycles. The quantitative estimate of drug-likeness (QED) is 0.906. The smallest absolute Gasteiger partial charge is 0.231 e. The molecule has 3 nitrogen and oxygen atoms in total. The van der Waals surface area contributed by atoms with Gasteiger partial charge in [-0.25, -0.2) is 0 Å². The Morgan fingerprint density at radius 1 is 1.15 bits per heavy atom. The summed E-state index contributed by atoms with van der Waals surface area (Å²) < 4.78 is 5.25. The van der Waals surface area contributed by atoms with E-state index in [9.17, 15) is 4.79 Å². The first kappa shape index (κ1) is 12.7. The van der Waals surface area contributed by atoms with E-state index in [1.165, 1.54) is 0 Å². The lowest BCUT2D eigenvalue weighted by Gasteiger charge is -2.13. The van der Waals surface area contributed by atoms with Crippen LogP contribution in [0.1, 0.15) is 23.5 Å². The van der Waals surface area contributed by atoms with Gasteiger partial charge in [-0.3, -0.25) is 4.79 Å². The molecule has 20 heavy (non-hydrogen) atoms. The summed E-state index contributed by atoms with van der Waals surface area (Å²) in [4.78, 5) is 12.4. The van der Waals surface area contributed by atoms with Crippen LogP contribution in [-0.2, 0) is 11.2 Å². The number of fused-ring (bicyclic) bond motifs is 1. The predicted molar refractivity (Wildman–Crippen MR) is 79.1 cm³/mol. The Morgan fingerprint density at radius 3 is 2.70 bits per heavy atom. The minimum atomic E-state index is -0.0883. The van der Waals surface area contributed by atoms with Crippen molar-refractivity contribution in [2.24, 2.45) is 0 Å². The topological polar surface area (TPSA) is 38.3 Å². The first-order chi connectivity index (χ1) is 9.78. The Labute approximate surface area is 118 Å². The van der Waals surface area contributed by atoms with E-state index in [4.69, 9.17) is 4.74 Å². The molecule has 2 aromatic rings. The van der Waals surface area contributed by atoms with Crippen LogP contribution >= 0.6 is 0 Å². The Morgan fingerprint density at radius 2 is 1.95 bits per heavy atom. The summed E-state index contributed by atoms with van der Waals surface area (Å²) in [6, 6.07) is 15.7. The van der Waals surface area contributed by atoms with Gasteiger partial charge >= 0.3 is 0 Å². The number of methoxy groups -OCH3 is 1. The molecule has 1 amide bonds. The van der Waals surface area contributed by atoms with Crippen molar-refractivity contribution in [1.82, 2.24) is 0 Å². The zero-order valence-corrected chi connectivity index (χ0v) is 11.4. The molecule has 1 heterocycles. The molecule has 3 heteroatoms. The molecule has 102 valence electrons. The molecule has 0 unspecified atom stereocenters. The lowest BCUT2D eigenvalue weighted by atomic mass is 9.93. The average Bonchev–Trinajstić information content (AvgIpc) is 2.65. The van der Waals surface area contributed by atoms with Gasteiger partial charge in [0, 0.05) is 5.69 Å². The van der Waals surface area contributed by atoms with Crippen LogP contribution in [0, 0.1) is 0 Å². The number of amides is 1. The summed E-state index contributed by atoms with van der Waals surface area (Å²) in [6.45, 7) is 0. The summed E-state index contributed by atoms with van der Waals surface area (Å²) >= 11 is 0. The molecule has 1 aliphatic heterocycles. The van der Waals surface area contributed by atoms with Crippen LogP contribution in [0.3, 0.4) is 0 Å². The van der Waals surface area contributed by atoms with Gasteiger partial charge in [-0.1, -0.05) is 30.3 Å². The Balaban J connectivity index is 1.90. The zero-order chi connectivity index (χ0) is 13.9. The third kappa shape index (κ3) is 2.39. The molecule has 1 aliphatic rings. The number of carbonyl (C=O) groups is 1. The number of nitrogens with one attached hydrogen (secondary N) is 1. The second kappa shape index (κ2) is 5.37. The minimum Gasteiger partial charge on any atom is -0.497 e. The van der Waals surface area contributed by atoms with Gasteiger partial charge in [0.15, 0.2) is 0 Å². The van der Waals surface area contributed by atoms with Crippen molar-refractivity contribution in [3.05, 3.63) is 59.7 Å². The van der Waals surface area contributed by atoms with Crippen LogP contribution in [0.2, 0.25) is 0 Å². The number of carbonyl (C=O) groups excluding carboxylic acids is 1. The summed E-state index contributed by atoms with van der Waals surface area (Å²) in [5.41, 5.74) is 3.11. The molecule has 0 saturated heterocycles. The van der Waals surface area contributed by atoms with Crippen LogP contribution in [-0.4, -0.2) is 13.0 Å². The summed E-state index contributed by atoms with van der Waals surface area (Å²) in [7, 11) is 1.66. The molecule has 1 N–H and O–H groups in total. The maximum absolute atomic E-state index is 12.4. The number of ether oxygens (including phenoxy) is 1. The molecule has 0 aliphatic carbocycles. The van der Waals surface area contributed by atoms with Crippen molar-refractivity contribution in [2.75, 3.05) is 12.4 Å². The monoisotopic (exact) mass is 267 g/mol. The van der Waals surface area contributed by atoms with Crippen LogP contribution in [0.25, 0.3) is 0 Å². The van der Waals surface area contributed by atoms with E-state index in [2.05, 4.69) is 5.32 Å². The molecule has 0 fully saturated rings. The highest BCUT2D eigenvalue weighted by atomic mass is 16.5. The largest absolute Gasteiger partial charge is 0.497 e. The molecule has 0 bridgehead atoms. The average molecular weight is 267 g/mol. The normalized spacial score (nSPS) is 17.9. The second-order valence-corrected chi connectivity index (χ2v) is 5.01. The molecule has 3 rings (SSSR count). The van der Waals surface area contributed by atoms with E-state index < -0.39 is 0 Å². The van der Waals surface area contributed by atoms with Crippen LogP contribution in [0.4, 0.5) is 5.69 Å². The first-order valence-corrected chi connectivity index (χ1v) is 6.80. The van der Waals surface area contributed by atoms with Gasteiger partial charge in [-0.15, -0.1) is 0 Å². The molecule has 0 aromatic heterocycles. The van der Waals surface area contributed by atoms with Gasteiger partial charge in [-0.2, -0.15) is 0 Å². The molecule has 1 atom stereocenters. The van der Waals surface area contributed by atoms with Gasteiger partial charge in [0.1, 0.15) is 5.75 Å². The Hall–Kier alpha value is -2.29. The fraction of sp³-hybridized carbons (Fsp3) is 0.235. The van der Waals surface area contributed by atoms with E-state index in [1.807, 2.05) is 48.5 Å². The fourth-order valence-corrected chi connectivity index (χ4v) is 2.68. The fourth-order valence-electron chi connectivity index (χ4n) is 2.68. The highest BCUT2D eigenvalue weighted by Gasteiger charge is 2.25. The van der Waals surface area contributed by atoms with Gasteiger partial charge in [-0.05, 0) is 42.2 Å². The van der Waals surface area contributed by atoms with Crippen LogP contribution < -0.4 is 10.1 Å². The molecular formula is C17H17NO2. The molecule has 0 radical (unpaired) electrons. The molecule has 0 spiro atoms. The van der Waals surface area contributed by atoms with E-state index in [0.717, 1.165) is 35.4 Å². The van der Waals surface area contributed by atoms with Crippen molar-refractivity contribution < 1.29 is 9.53 Å². The maximum atomic E-state index is 12.4. The number of benzene rings is 2. The van der Waals surface area contributed by atoms with Crippen molar-refractivity contribution >= 4 is 11.6 Å². The van der Waals surface area contributed by atoms with Gasteiger partial charge in [0.05, 0.1) is 13.0 Å². The highest BCUT2D eigenvalue weighted by molar-refractivity contribution is 5.97. The SMILES string of the molecule is COc1ccc2c(c1)CC[C@@H](c1ccccc1)C(=O)N2. The number of aryl methyl sites for hydroxylation is 1. The van der Waals surface area contributed by atoms with Gasteiger partial charge in [0.25, 0.3) is 0 Å². The molecular weight excluding hydrogens is 250 g/mol. The van der Waals surface area contributed by atoms with Crippen LogP contribution in [0.15, 0.2) is 48.5 Å². The number of rotatable bonds is 2.